The van der Waals surface area contributed by atoms with Crippen LogP contribution in [0.25, 0.3) is 0 Å². The summed E-state index contributed by atoms with van der Waals surface area (Å²) in [6.07, 6.45) is 1.30. The molecule has 0 unspecified atom stereocenters. The van der Waals surface area contributed by atoms with Gasteiger partial charge in [0.25, 0.3) is 0 Å². The second-order valence-electron chi connectivity index (χ2n) is 2.00. The largest absolute Gasteiger partial charge is 0.127 e. The maximum atomic E-state index is 3.63. The molecule has 0 aliphatic heterocycles. The van der Waals surface area contributed by atoms with E-state index in [0.29, 0.717) is 0 Å². The summed E-state index contributed by atoms with van der Waals surface area (Å²) in [4.78, 5) is 0. The molecule has 0 aliphatic carbocycles. The quantitative estimate of drug-likeness (QED) is 0.468. The van der Waals surface area contributed by atoms with Crippen molar-refractivity contribution < 1.29 is 0 Å². The highest BCUT2D eigenvalue weighted by atomic mass is 31.8. The van der Waals surface area contributed by atoms with E-state index in [0.717, 1.165) is 0 Å². The van der Waals surface area contributed by atoms with Crippen LogP contribution < -0.4 is 0 Å². The molecule has 0 saturated heterocycles. The molecule has 0 amide bonds. The van der Waals surface area contributed by atoms with Crippen LogP contribution in [0.4, 0.5) is 0 Å². The molecule has 0 spiro atoms. The van der Waals surface area contributed by atoms with Crippen LogP contribution in [0.2, 0.25) is 0 Å². The Bertz CT molecular complexity index is 69.6. The van der Waals surface area contributed by atoms with Gasteiger partial charge in [0.1, 0.15) is 0 Å². The summed E-state index contributed by atoms with van der Waals surface area (Å²) in [7, 11) is 3.63. The first-order chi connectivity index (χ1) is 2.56. The summed E-state index contributed by atoms with van der Waals surface area (Å²) in [6.45, 7) is 6.15. The second kappa shape index (κ2) is 2.15. The molecular formula is C4H12P2. The normalized spacial score (nSPS) is 11.8. The van der Waals surface area contributed by atoms with Gasteiger partial charge in [-0.05, 0) is 19.5 Å². The predicted octanol–water partition coefficient (Wildman–Crippen LogP) is 2.34. The first-order valence-corrected chi connectivity index (χ1v) is 6.35. The zero-order chi connectivity index (χ0) is 5.21. The minimum absolute atomic E-state index is 0.591. The summed E-state index contributed by atoms with van der Waals surface area (Å²) < 4.78 is 0. The molecule has 0 bridgehead atoms. The van der Waals surface area contributed by atoms with Gasteiger partial charge in [-0.2, -0.15) is 0 Å². The third-order valence-electron chi connectivity index (χ3n) is 0.791. The van der Waals surface area contributed by atoms with Crippen molar-refractivity contribution in [1.29, 1.82) is 0 Å². The SMILES string of the molecule is CCP(C)(C)=P. The Hall–Kier alpha value is 0.730. The Morgan fingerprint density at radius 1 is 1.50 bits per heavy atom. The zero-order valence-electron chi connectivity index (χ0n) is 4.65. The average Bonchev–Trinajstić information content (AvgIpc) is 1.35. The van der Waals surface area contributed by atoms with Crippen LogP contribution >= 0.6 is 15.1 Å². The lowest BCUT2D eigenvalue weighted by Crippen LogP contribution is -1.70. The Labute approximate surface area is 42.3 Å². The van der Waals surface area contributed by atoms with E-state index in [-0.39, 0.29) is 0 Å². The highest BCUT2D eigenvalue weighted by Gasteiger charge is 1.90. The van der Waals surface area contributed by atoms with Gasteiger partial charge < -0.3 is 0 Å². The lowest BCUT2D eigenvalue weighted by Gasteiger charge is -2.03. The predicted molar refractivity (Wildman–Crippen MR) is 37.6 cm³/mol. The molecule has 0 aliphatic rings. The molecule has 0 nitrogen and oxygen atoms in total. The minimum Gasteiger partial charge on any atom is -0.127 e. The molecule has 0 saturated carbocycles. The van der Waals surface area contributed by atoms with Crippen LogP contribution in [0.1, 0.15) is 6.92 Å². The standard InChI is InChI=1S/C4H12P2/c1-4-6(2,3)5/h5H,4H2,1-3H3. The molecule has 0 aromatic heterocycles. The summed E-state index contributed by atoms with van der Waals surface area (Å²) in [5.74, 6) is 0. The fourth-order valence-electron chi connectivity index (χ4n) is 0. The van der Waals surface area contributed by atoms with Gasteiger partial charge in [0.15, 0.2) is 0 Å². The first kappa shape index (κ1) is 6.73. The zero-order valence-corrected chi connectivity index (χ0v) is 6.55. The third-order valence-corrected chi connectivity index (χ3v) is 3.32. The maximum Gasteiger partial charge on any atom is -0.0326 e. The fraction of sp³-hybridized carbons (Fsp3) is 1.00. The molecule has 0 fully saturated rings. The molecule has 0 aromatic carbocycles. The van der Waals surface area contributed by atoms with Crippen molar-refractivity contribution in [2.45, 2.75) is 6.92 Å². The Balaban J connectivity index is 3.48. The average molecular weight is 122 g/mol. The lowest BCUT2D eigenvalue weighted by molar-refractivity contribution is 1.49. The Kier molecular flexibility index (Phi) is 2.41. The monoisotopic (exact) mass is 122 g/mol. The summed E-state index contributed by atoms with van der Waals surface area (Å²) in [5.41, 5.74) is 0. The molecule has 0 rings (SSSR count). The first-order valence-electron chi connectivity index (χ1n) is 2.14. The van der Waals surface area contributed by atoms with Crippen molar-refractivity contribution in [3.05, 3.63) is 0 Å². The summed E-state index contributed by atoms with van der Waals surface area (Å²) in [6, 6.07) is 0. The van der Waals surface area contributed by atoms with Crippen LogP contribution in [0.5, 0.6) is 0 Å². The van der Waals surface area contributed by atoms with Crippen LogP contribution in [-0.2, 0) is 0 Å². The van der Waals surface area contributed by atoms with E-state index >= 15 is 0 Å². The molecule has 2 heteroatoms. The van der Waals surface area contributed by atoms with Crippen molar-refractivity contribution >= 4 is 15.1 Å². The lowest BCUT2D eigenvalue weighted by atomic mass is 11.0. The van der Waals surface area contributed by atoms with Gasteiger partial charge >= 0.3 is 0 Å². The third kappa shape index (κ3) is 4.73. The Morgan fingerprint density at radius 3 is 1.67 bits per heavy atom. The molecule has 0 radical (unpaired) electrons. The molecule has 38 valence electrons. The second-order valence-corrected chi connectivity index (χ2v) is 9.64. The van der Waals surface area contributed by atoms with Crippen molar-refractivity contribution in [3.63, 3.8) is 0 Å². The van der Waals surface area contributed by atoms with Crippen LogP contribution in [-0.4, -0.2) is 19.5 Å². The van der Waals surface area contributed by atoms with E-state index in [1.807, 2.05) is 0 Å². The highest BCUT2D eigenvalue weighted by Crippen LogP contribution is 2.41. The van der Waals surface area contributed by atoms with E-state index in [1.54, 1.807) is 0 Å². The van der Waals surface area contributed by atoms with Crippen molar-refractivity contribution in [1.82, 2.24) is 0 Å². The Morgan fingerprint density at radius 2 is 1.67 bits per heavy atom. The molecular weight excluding hydrogens is 110 g/mol. The molecule has 0 heterocycles. The molecule has 6 heavy (non-hydrogen) atoms. The van der Waals surface area contributed by atoms with E-state index in [9.17, 15) is 0 Å². The topological polar surface area (TPSA) is 0 Å². The minimum atomic E-state index is -0.591. The van der Waals surface area contributed by atoms with Gasteiger partial charge in [-0.25, -0.2) is 0 Å². The van der Waals surface area contributed by atoms with Gasteiger partial charge in [-0.15, -0.1) is 8.53 Å². The summed E-state index contributed by atoms with van der Waals surface area (Å²) in [5, 5.41) is 0. The summed E-state index contributed by atoms with van der Waals surface area (Å²) >= 11 is 0. The smallest absolute Gasteiger partial charge is 0.0326 e. The van der Waals surface area contributed by atoms with E-state index in [1.165, 1.54) is 6.16 Å². The van der Waals surface area contributed by atoms with E-state index < -0.39 is 6.55 Å². The van der Waals surface area contributed by atoms with Crippen molar-refractivity contribution in [3.8, 4) is 0 Å². The number of rotatable bonds is 1. The van der Waals surface area contributed by atoms with Crippen molar-refractivity contribution in [2.75, 3.05) is 19.5 Å². The molecule has 0 N–H and O–H groups in total. The highest BCUT2D eigenvalue weighted by molar-refractivity contribution is 7.98. The number of hydrogen-bond donors (Lipinski definition) is 0. The molecule has 0 aromatic rings. The van der Waals surface area contributed by atoms with Crippen molar-refractivity contribution in [2.24, 2.45) is 0 Å². The van der Waals surface area contributed by atoms with Gasteiger partial charge in [0, 0.05) is 0 Å². The van der Waals surface area contributed by atoms with Crippen LogP contribution in [0, 0.1) is 0 Å². The van der Waals surface area contributed by atoms with Gasteiger partial charge in [-0.1, -0.05) is 13.5 Å². The fourth-order valence-corrected chi connectivity index (χ4v) is 0. The van der Waals surface area contributed by atoms with Gasteiger partial charge in [-0.3, -0.25) is 0 Å². The van der Waals surface area contributed by atoms with Gasteiger partial charge in [0.05, 0.1) is 0 Å². The van der Waals surface area contributed by atoms with E-state index in [4.69, 9.17) is 0 Å². The van der Waals surface area contributed by atoms with E-state index in [2.05, 4.69) is 28.8 Å². The number of hydrogen-bond acceptors (Lipinski definition) is 0. The van der Waals surface area contributed by atoms with Crippen LogP contribution in [0.3, 0.4) is 0 Å². The molecule has 0 atom stereocenters. The van der Waals surface area contributed by atoms with Gasteiger partial charge in [0.2, 0.25) is 0 Å². The van der Waals surface area contributed by atoms with Crippen LogP contribution in [0.15, 0.2) is 0 Å². The maximum absolute atomic E-state index is 3.63.